The third-order valence-corrected chi connectivity index (χ3v) is 3.56. The number of carbonyl (C=O) groups excluding carboxylic acids is 1. The van der Waals surface area contributed by atoms with Crippen LogP contribution < -0.4 is 10.6 Å². The molecule has 0 aliphatic rings. The van der Waals surface area contributed by atoms with Crippen LogP contribution in [0.4, 0.5) is 21.5 Å². The molecule has 0 aliphatic carbocycles. The van der Waals surface area contributed by atoms with Crippen LogP contribution in [0.3, 0.4) is 0 Å². The van der Waals surface area contributed by atoms with Crippen molar-refractivity contribution in [2.75, 3.05) is 10.6 Å². The summed E-state index contributed by atoms with van der Waals surface area (Å²) in [4.78, 5) is 11.9. The second-order valence-electron chi connectivity index (χ2n) is 5.42. The lowest BCUT2D eigenvalue weighted by molar-refractivity contribution is 0.104. The van der Waals surface area contributed by atoms with Gasteiger partial charge < -0.3 is 10.6 Å². The van der Waals surface area contributed by atoms with Gasteiger partial charge in [-0.2, -0.15) is 0 Å². The minimum atomic E-state index is -0.358. The fraction of sp³-hybridized carbons (Fsp3) is 0. The van der Waals surface area contributed by atoms with E-state index in [-0.39, 0.29) is 11.6 Å². The van der Waals surface area contributed by atoms with Gasteiger partial charge in [-0.3, -0.25) is 4.79 Å². The summed E-state index contributed by atoms with van der Waals surface area (Å²) in [5.41, 5.74) is 3.31. The van der Waals surface area contributed by atoms with Crippen molar-refractivity contribution in [2.45, 2.75) is 0 Å². The molecule has 0 unspecified atom stereocenters. The molecule has 0 amide bonds. The summed E-state index contributed by atoms with van der Waals surface area (Å²) >= 11 is 0. The van der Waals surface area contributed by atoms with Crippen molar-refractivity contribution >= 4 is 22.8 Å². The Morgan fingerprint density at radius 1 is 0.760 bits per heavy atom. The predicted octanol–water partition coefficient (Wildman–Crippen LogP) is 5.38. The average molecular weight is 332 g/mol. The molecule has 2 N–H and O–H groups in total. The van der Waals surface area contributed by atoms with E-state index < -0.39 is 0 Å². The lowest BCUT2D eigenvalue weighted by Gasteiger charge is -2.07. The van der Waals surface area contributed by atoms with E-state index in [0.717, 1.165) is 17.1 Å². The largest absolute Gasteiger partial charge is 0.362 e. The van der Waals surface area contributed by atoms with Crippen molar-refractivity contribution in [2.24, 2.45) is 0 Å². The summed E-state index contributed by atoms with van der Waals surface area (Å²) in [6, 6.07) is 23.1. The van der Waals surface area contributed by atoms with Crippen LogP contribution in [0.25, 0.3) is 0 Å². The molecular formula is C21H17FN2O. The molecule has 0 spiro atoms. The molecule has 124 valence electrons. The number of allylic oxidation sites excluding steroid dienone is 1. The highest BCUT2D eigenvalue weighted by atomic mass is 19.1. The Hall–Kier alpha value is -3.40. The van der Waals surface area contributed by atoms with Crippen molar-refractivity contribution in [3.05, 3.63) is 103 Å². The third kappa shape index (κ3) is 4.78. The molecule has 4 heteroatoms. The Kier molecular flexibility index (Phi) is 5.22. The van der Waals surface area contributed by atoms with Crippen molar-refractivity contribution in [3.63, 3.8) is 0 Å². The van der Waals surface area contributed by atoms with Crippen LogP contribution in [0, 0.1) is 5.82 Å². The first kappa shape index (κ1) is 16.5. The highest BCUT2D eigenvalue weighted by molar-refractivity contribution is 6.04. The van der Waals surface area contributed by atoms with Gasteiger partial charge in [0.25, 0.3) is 0 Å². The molecule has 0 saturated carbocycles. The van der Waals surface area contributed by atoms with E-state index in [1.54, 1.807) is 6.20 Å². The summed E-state index contributed by atoms with van der Waals surface area (Å²) in [5, 5.41) is 6.35. The maximum absolute atomic E-state index is 12.8. The van der Waals surface area contributed by atoms with Gasteiger partial charge in [0.2, 0.25) is 0 Å². The maximum Gasteiger partial charge on any atom is 0.187 e. The number of hydrogen-bond donors (Lipinski definition) is 2. The normalized spacial score (nSPS) is 10.6. The minimum absolute atomic E-state index is 0.185. The van der Waals surface area contributed by atoms with Gasteiger partial charge in [0.1, 0.15) is 5.82 Å². The van der Waals surface area contributed by atoms with E-state index in [2.05, 4.69) is 10.6 Å². The Morgan fingerprint density at radius 3 is 2.04 bits per heavy atom. The zero-order valence-corrected chi connectivity index (χ0v) is 13.4. The number of para-hydroxylation sites is 1. The number of halogens is 1. The van der Waals surface area contributed by atoms with E-state index in [1.165, 1.54) is 30.3 Å². The Labute approximate surface area is 145 Å². The quantitative estimate of drug-likeness (QED) is 0.470. The number of rotatable bonds is 6. The number of carbonyl (C=O) groups is 1. The minimum Gasteiger partial charge on any atom is -0.362 e. The van der Waals surface area contributed by atoms with Crippen LogP contribution in [0.1, 0.15) is 10.4 Å². The van der Waals surface area contributed by atoms with E-state index in [9.17, 15) is 9.18 Å². The maximum atomic E-state index is 12.8. The first-order valence-corrected chi connectivity index (χ1v) is 7.86. The van der Waals surface area contributed by atoms with Crippen LogP contribution >= 0.6 is 0 Å². The van der Waals surface area contributed by atoms with Crippen LogP contribution in [0.5, 0.6) is 0 Å². The average Bonchev–Trinajstić information content (AvgIpc) is 2.64. The third-order valence-electron chi connectivity index (χ3n) is 3.56. The van der Waals surface area contributed by atoms with Crippen LogP contribution in [0.2, 0.25) is 0 Å². The topological polar surface area (TPSA) is 41.1 Å². The van der Waals surface area contributed by atoms with Gasteiger partial charge >= 0.3 is 0 Å². The molecule has 3 aromatic carbocycles. The highest BCUT2D eigenvalue weighted by Crippen LogP contribution is 2.18. The number of hydrogen-bond acceptors (Lipinski definition) is 3. The first-order valence-electron chi connectivity index (χ1n) is 7.86. The fourth-order valence-corrected chi connectivity index (χ4v) is 2.26. The molecule has 3 rings (SSSR count). The number of ketones is 1. The van der Waals surface area contributed by atoms with Crippen molar-refractivity contribution < 1.29 is 9.18 Å². The SMILES string of the molecule is O=C(/C=C/Nc1ccc(Nc2ccccc2)cc1)c1ccc(F)cc1. The standard InChI is InChI=1S/C21H17FN2O/c22-17-8-6-16(7-9-17)21(25)14-15-23-18-10-12-20(13-11-18)24-19-4-2-1-3-5-19/h1-15,23-24H/b15-14+. The zero-order chi connectivity index (χ0) is 17.5. The molecule has 0 aromatic heterocycles. The number of benzene rings is 3. The van der Waals surface area contributed by atoms with Gasteiger partial charge in [-0.1, -0.05) is 18.2 Å². The van der Waals surface area contributed by atoms with Crippen molar-refractivity contribution in [1.29, 1.82) is 0 Å². The molecule has 3 nitrogen and oxygen atoms in total. The predicted molar refractivity (Wildman–Crippen MR) is 99.7 cm³/mol. The second-order valence-corrected chi connectivity index (χ2v) is 5.42. The van der Waals surface area contributed by atoms with Crippen LogP contribution in [-0.2, 0) is 0 Å². The summed E-state index contributed by atoms with van der Waals surface area (Å²) in [7, 11) is 0. The fourth-order valence-electron chi connectivity index (χ4n) is 2.26. The van der Waals surface area contributed by atoms with Gasteiger partial charge in [-0.25, -0.2) is 4.39 Å². The molecule has 0 heterocycles. The first-order chi connectivity index (χ1) is 12.2. The van der Waals surface area contributed by atoms with E-state index in [4.69, 9.17) is 0 Å². The van der Waals surface area contributed by atoms with Gasteiger partial charge in [0.05, 0.1) is 0 Å². The molecule has 0 fully saturated rings. The van der Waals surface area contributed by atoms with E-state index in [0.29, 0.717) is 5.56 Å². The molecular weight excluding hydrogens is 315 g/mol. The van der Waals surface area contributed by atoms with Crippen molar-refractivity contribution in [3.8, 4) is 0 Å². The van der Waals surface area contributed by atoms with Gasteiger partial charge in [-0.05, 0) is 60.7 Å². The molecule has 0 aliphatic heterocycles. The molecule has 0 radical (unpaired) electrons. The summed E-state index contributed by atoms with van der Waals surface area (Å²) in [6.07, 6.45) is 2.99. The highest BCUT2D eigenvalue weighted by Gasteiger charge is 2.01. The Balaban J connectivity index is 1.56. The van der Waals surface area contributed by atoms with Crippen molar-refractivity contribution in [1.82, 2.24) is 0 Å². The van der Waals surface area contributed by atoms with Crippen LogP contribution in [0.15, 0.2) is 91.1 Å². The van der Waals surface area contributed by atoms with Gasteiger partial charge in [-0.15, -0.1) is 0 Å². The summed E-state index contributed by atoms with van der Waals surface area (Å²) < 4.78 is 12.8. The molecule has 25 heavy (non-hydrogen) atoms. The van der Waals surface area contributed by atoms with E-state index in [1.807, 2.05) is 54.6 Å². The number of nitrogens with one attached hydrogen (secondary N) is 2. The van der Waals surface area contributed by atoms with E-state index >= 15 is 0 Å². The molecule has 0 bridgehead atoms. The summed E-state index contributed by atoms with van der Waals surface area (Å²) in [5.74, 6) is -0.544. The Bertz CT molecular complexity index is 857. The Morgan fingerprint density at radius 2 is 1.36 bits per heavy atom. The summed E-state index contributed by atoms with van der Waals surface area (Å²) in [6.45, 7) is 0. The van der Waals surface area contributed by atoms with Crippen LogP contribution in [-0.4, -0.2) is 5.78 Å². The zero-order valence-electron chi connectivity index (χ0n) is 13.4. The second kappa shape index (κ2) is 7.93. The lowest BCUT2D eigenvalue weighted by Crippen LogP contribution is -1.96. The smallest absolute Gasteiger partial charge is 0.187 e. The molecule has 0 saturated heterocycles. The number of anilines is 3. The molecule has 3 aromatic rings. The monoisotopic (exact) mass is 332 g/mol. The van der Waals surface area contributed by atoms with Gasteiger partial charge in [0, 0.05) is 34.9 Å². The molecule has 0 atom stereocenters. The lowest BCUT2D eigenvalue weighted by atomic mass is 10.1. The van der Waals surface area contributed by atoms with Gasteiger partial charge in [0.15, 0.2) is 5.78 Å².